The molecule has 6 heteroatoms. The highest BCUT2D eigenvalue weighted by atomic mass is 19.1. The van der Waals surface area contributed by atoms with Crippen LogP contribution in [0, 0.1) is 5.82 Å². The molecule has 1 amide bonds. The minimum absolute atomic E-state index is 0.129. The second-order valence-electron chi connectivity index (χ2n) is 6.11. The highest BCUT2D eigenvalue weighted by Crippen LogP contribution is 2.29. The Kier molecular flexibility index (Phi) is 3.98. The highest BCUT2D eigenvalue weighted by molar-refractivity contribution is 5.91. The second-order valence-corrected chi connectivity index (χ2v) is 6.11. The van der Waals surface area contributed by atoms with Gasteiger partial charge in [-0.1, -0.05) is 0 Å². The molecule has 2 aromatic rings. The third-order valence-electron chi connectivity index (χ3n) is 4.41. The van der Waals surface area contributed by atoms with Crippen LogP contribution in [0.15, 0.2) is 22.6 Å². The number of furan rings is 1. The Morgan fingerprint density at radius 3 is 2.92 bits per heavy atom. The number of benzene rings is 1. The molecule has 5 nitrogen and oxygen atoms in total. The van der Waals surface area contributed by atoms with E-state index in [4.69, 9.17) is 13.9 Å². The Labute approximate surface area is 138 Å². The van der Waals surface area contributed by atoms with Crippen LogP contribution in [-0.4, -0.2) is 12.7 Å². The topological polar surface area (TPSA) is 60.7 Å². The molecule has 1 aromatic heterocycles. The molecule has 0 fully saturated rings. The molecular weight excluding hydrogens is 313 g/mol. The summed E-state index contributed by atoms with van der Waals surface area (Å²) in [5.74, 6) is 1.14. The van der Waals surface area contributed by atoms with Crippen molar-refractivity contribution in [3.05, 3.63) is 52.2 Å². The predicted octanol–water partition coefficient (Wildman–Crippen LogP) is 3.09. The molecule has 0 unspecified atom stereocenters. The number of halogens is 1. The van der Waals surface area contributed by atoms with Crippen LogP contribution in [0.5, 0.6) is 5.75 Å². The maximum Gasteiger partial charge on any atom is 0.287 e. The zero-order chi connectivity index (χ0) is 16.5. The number of aryl methyl sites for hydroxylation is 2. The van der Waals surface area contributed by atoms with E-state index >= 15 is 0 Å². The summed E-state index contributed by atoms with van der Waals surface area (Å²) < 4.78 is 30.0. The van der Waals surface area contributed by atoms with E-state index in [9.17, 15) is 9.18 Å². The van der Waals surface area contributed by atoms with Gasteiger partial charge in [0.25, 0.3) is 5.91 Å². The quantitative estimate of drug-likeness (QED) is 0.939. The van der Waals surface area contributed by atoms with Gasteiger partial charge in [0.2, 0.25) is 0 Å². The molecule has 0 saturated carbocycles. The van der Waals surface area contributed by atoms with Crippen LogP contribution in [0.4, 0.5) is 4.39 Å². The molecule has 2 heterocycles. The number of hydrogen-bond acceptors (Lipinski definition) is 4. The van der Waals surface area contributed by atoms with Crippen molar-refractivity contribution in [3.63, 3.8) is 0 Å². The fraction of sp³-hybridized carbons (Fsp3) is 0.389. The third kappa shape index (κ3) is 2.89. The van der Waals surface area contributed by atoms with Gasteiger partial charge in [-0.15, -0.1) is 0 Å². The first-order valence-corrected chi connectivity index (χ1v) is 8.12. The lowest BCUT2D eigenvalue weighted by molar-refractivity contribution is -0.0173. The summed E-state index contributed by atoms with van der Waals surface area (Å²) in [6, 6.07) is 4.58. The van der Waals surface area contributed by atoms with E-state index < -0.39 is 0 Å². The minimum Gasteiger partial charge on any atom is -0.467 e. The standard InChI is InChI=1S/C18H18FNO4/c19-14-5-12(17-13(6-14)9-22-10-23-17)8-20-18(21)16-7-11-3-1-2-4-15(11)24-16/h5-7H,1-4,8-10H2,(H,20,21). The zero-order valence-electron chi connectivity index (χ0n) is 13.2. The van der Waals surface area contributed by atoms with Gasteiger partial charge in [-0.2, -0.15) is 0 Å². The van der Waals surface area contributed by atoms with E-state index in [1.165, 1.54) is 12.1 Å². The molecule has 1 aliphatic heterocycles. The van der Waals surface area contributed by atoms with Crippen molar-refractivity contribution in [2.24, 2.45) is 0 Å². The van der Waals surface area contributed by atoms with E-state index in [2.05, 4.69) is 5.32 Å². The van der Waals surface area contributed by atoms with Crippen molar-refractivity contribution in [3.8, 4) is 5.75 Å². The Bertz CT molecular complexity index is 760. The summed E-state index contributed by atoms with van der Waals surface area (Å²) in [6.45, 7) is 0.605. The molecule has 1 aliphatic carbocycles. The number of fused-ring (bicyclic) bond motifs is 2. The number of ether oxygens (including phenoxy) is 2. The maximum absolute atomic E-state index is 13.7. The largest absolute Gasteiger partial charge is 0.467 e. The van der Waals surface area contributed by atoms with Gasteiger partial charge in [0.05, 0.1) is 6.61 Å². The van der Waals surface area contributed by atoms with E-state index in [0.717, 1.165) is 37.0 Å². The molecule has 0 atom stereocenters. The third-order valence-corrected chi connectivity index (χ3v) is 4.41. The molecule has 126 valence electrons. The van der Waals surface area contributed by atoms with Crippen LogP contribution < -0.4 is 10.1 Å². The van der Waals surface area contributed by atoms with Gasteiger partial charge in [0.15, 0.2) is 12.6 Å². The average molecular weight is 331 g/mol. The molecule has 24 heavy (non-hydrogen) atoms. The summed E-state index contributed by atoms with van der Waals surface area (Å²) in [7, 11) is 0. The normalized spacial score (nSPS) is 16.0. The van der Waals surface area contributed by atoms with Crippen molar-refractivity contribution in [1.29, 1.82) is 0 Å². The number of carbonyl (C=O) groups excluding carboxylic acids is 1. The summed E-state index contributed by atoms with van der Waals surface area (Å²) in [5, 5.41) is 2.78. The molecular formula is C18H18FNO4. The monoisotopic (exact) mass is 331 g/mol. The Morgan fingerprint density at radius 1 is 1.17 bits per heavy atom. The van der Waals surface area contributed by atoms with Gasteiger partial charge in [-0.05, 0) is 43.0 Å². The first-order chi connectivity index (χ1) is 11.7. The van der Waals surface area contributed by atoms with Crippen LogP contribution in [-0.2, 0) is 30.7 Å². The first kappa shape index (κ1) is 15.2. The second kappa shape index (κ2) is 6.28. The molecule has 0 bridgehead atoms. The van der Waals surface area contributed by atoms with E-state index in [1.807, 2.05) is 6.07 Å². The summed E-state index contributed by atoms with van der Waals surface area (Å²) >= 11 is 0. The van der Waals surface area contributed by atoms with Crippen molar-refractivity contribution < 1.29 is 23.1 Å². The van der Waals surface area contributed by atoms with Gasteiger partial charge in [-0.25, -0.2) is 4.39 Å². The SMILES string of the molecule is O=C(NCc1cc(F)cc2c1OCOC2)c1cc2c(o1)CCCC2. The molecule has 4 rings (SSSR count). The van der Waals surface area contributed by atoms with Crippen LogP contribution in [0.3, 0.4) is 0 Å². The average Bonchev–Trinajstić information content (AvgIpc) is 3.03. The molecule has 0 spiro atoms. The first-order valence-electron chi connectivity index (χ1n) is 8.12. The van der Waals surface area contributed by atoms with Gasteiger partial charge >= 0.3 is 0 Å². The predicted molar refractivity (Wildman–Crippen MR) is 83.2 cm³/mol. The van der Waals surface area contributed by atoms with Crippen molar-refractivity contribution in [2.45, 2.75) is 38.8 Å². The number of amides is 1. The van der Waals surface area contributed by atoms with Gasteiger partial charge < -0.3 is 19.2 Å². The Balaban J connectivity index is 1.49. The maximum atomic E-state index is 13.7. The number of nitrogens with one attached hydrogen (secondary N) is 1. The van der Waals surface area contributed by atoms with Crippen LogP contribution >= 0.6 is 0 Å². The van der Waals surface area contributed by atoms with Crippen LogP contribution in [0.25, 0.3) is 0 Å². The summed E-state index contributed by atoms with van der Waals surface area (Å²) in [6.07, 6.45) is 4.06. The summed E-state index contributed by atoms with van der Waals surface area (Å²) in [4.78, 5) is 12.3. The van der Waals surface area contributed by atoms with E-state index in [1.54, 1.807) is 0 Å². The molecule has 2 aliphatic rings. The van der Waals surface area contributed by atoms with Crippen LogP contribution in [0.2, 0.25) is 0 Å². The zero-order valence-corrected chi connectivity index (χ0v) is 13.2. The lowest BCUT2D eigenvalue weighted by atomic mass is 9.99. The number of rotatable bonds is 3. The highest BCUT2D eigenvalue weighted by Gasteiger charge is 2.21. The smallest absolute Gasteiger partial charge is 0.287 e. The minimum atomic E-state index is -0.374. The van der Waals surface area contributed by atoms with Crippen molar-refractivity contribution >= 4 is 5.91 Å². The van der Waals surface area contributed by atoms with E-state index in [0.29, 0.717) is 29.2 Å². The number of hydrogen-bond donors (Lipinski definition) is 1. The van der Waals surface area contributed by atoms with Crippen LogP contribution in [0.1, 0.15) is 45.8 Å². The van der Waals surface area contributed by atoms with Gasteiger partial charge in [0.1, 0.15) is 17.3 Å². The fourth-order valence-corrected chi connectivity index (χ4v) is 3.25. The fourth-order valence-electron chi connectivity index (χ4n) is 3.25. The van der Waals surface area contributed by atoms with E-state index in [-0.39, 0.29) is 25.1 Å². The summed E-state index contributed by atoms with van der Waals surface area (Å²) in [5.41, 5.74) is 2.37. The molecule has 0 radical (unpaired) electrons. The Hall–Kier alpha value is -2.34. The number of carbonyl (C=O) groups is 1. The Morgan fingerprint density at radius 2 is 2.04 bits per heavy atom. The molecule has 1 aromatic carbocycles. The van der Waals surface area contributed by atoms with Crippen molar-refractivity contribution in [1.82, 2.24) is 5.32 Å². The van der Waals surface area contributed by atoms with Crippen molar-refractivity contribution in [2.75, 3.05) is 6.79 Å². The van der Waals surface area contributed by atoms with Gasteiger partial charge in [-0.3, -0.25) is 4.79 Å². The lowest BCUT2D eigenvalue weighted by Gasteiger charge is -2.20. The molecule has 0 saturated heterocycles. The molecule has 1 N–H and O–H groups in total. The lowest BCUT2D eigenvalue weighted by Crippen LogP contribution is -2.24. The van der Waals surface area contributed by atoms with Gasteiger partial charge in [0, 0.05) is 24.1 Å².